The zero-order chi connectivity index (χ0) is 13.0. The van der Waals surface area contributed by atoms with E-state index < -0.39 is 0 Å². The molecule has 1 aliphatic rings. The Balaban J connectivity index is 1.76. The minimum Gasteiger partial charge on any atom is -0.397 e. The lowest BCUT2D eigenvalue weighted by Crippen LogP contribution is -2.38. The predicted octanol–water partition coefficient (Wildman–Crippen LogP) is 1.79. The van der Waals surface area contributed by atoms with Gasteiger partial charge >= 0.3 is 0 Å². The average molecular weight is 267 g/mol. The molecule has 0 aromatic carbocycles. The van der Waals surface area contributed by atoms with Crippen LogP contribution in [0.3, 0.4) is 0 Å². The van der Waals surface area contributed by atoms with E-state index >= 15 is 0 Å². The molecule has 0 aliphatic carbocycles. The van der Waals surface area contributed by atoms with Gasteiger partial charge in [0.1, 0.15) is 4.88 Å². The third kappa shape index (κ3) is 3.23. The van der Waals surface area contributed by atoms with Gasteiger partial charge in [-0.25, -0.2) is 0 Å². The number of nitrogen functional groups attached to an aromatic ring is 1. The van der Waals surface area contributed by atoms with Gasteiger partial charge in [0.15, 0.2) is 0 Å². The number of likely N-dealkylation sites (tertiary alicyclic amines) is 1. The molecule has 0 atom stereocenters. The normalized spacial score (nSPS) is 17.8. The molecule has 2 rings (SSSR count). The van der Waals surface area contributed by atoms with Gasteiger partial charge < -0.3 is 16.0 Å². The Morgan fingerprint density at radius 1 is 1.56 bits per heavy atom. The van der Waals surface area contributed by atoms with Gasteiger partial charge in [-0.3, -0.25) is 4.79 Å². The van der Waals surface area contributed by atoms with Gasteiger partial charge in [-0.05, 0) is 49.8 Å². The lowest BCUT2D eigenvalue weighted by molar-refractivity contribution is 0.0941. The fraction of sp³-hybridized carbons (Fsp3) is 0.615. The fourth-order valence-corrected chi connectivity index (χ4v) is 3.06. The number of nitrogens with zero attached hydrogens (tertiary/aromatic N) is 1. The van der Waals surface area contributed by atoms with Crippen LogP contribution in [0.1, 0.15) is 29.4 Å². The number of rotatable bonds is 4. The van der Waals surface area contributed by atoms with Crippen LogP contribution in [-0.4, -0.2) is 37.0 Å². The van der Waals surface area contributed by atoms with Crippen molar-refractivity contribution in [2.24, 2.45) is 5.92 Å². The number of anilines is 1. The second kappa shape index (κ2) is 6.20. The first-order valence-corrected chi connectivity index (χ1v) is 7.42. The maximum atomic E-state index is 11.9. The van der Waals surface area contributed by atoms with Gasteiger partial charge in [0, 0.05) is 6.54 Å². The second-order valence-electron chi connectivity index (χ2n) is 4.79. The molecule has 1 fully saturated rings. The highest BCUT2D eigenvalue weighted by atomic mass is 32.1. The molecule has 0 radical (unpaired) electrons. The molecule has 1 aromatic heterocycles. The molecule has 5 heteroatoms. The third-order valence-corrected chi connectivity index (χ3v) is 4.54. The summed E-state index contributed by atoms with van der Waals surface area (Å²) in [4.78, 5) is 15.0. The van der Waals surface area contributed by atoms with Crippen LogP contribution in [0.15, 0.2) is 11.4 Å². The summed E-state index contributed by atoms with van der Waals surface area (Å²) in [6.07, 6.45) is 2.35. The number of carbonyl (C=O) groups is 1. The van der Waals surface area contributed by atoms with Crippen LogP contribution < -0.4 is 11.1 Å². The molecule has 1 aliphatic heterocycles. The molecule has 0 bridgehead atoms. The molecule has 0 saturated carbocycles. The SMILES string of the molecule is CCN1CCC(CNC(=O)c2sccc2N)CC1. The fourth-order valence-electron chi connectivity index (χ4n) is 2.33. The van der Waals surface area contributed by atoms with Crippen LogP contribution in [0.2, 0.25) is 0 Å². The van der Waals surface area contributed by atoms with E-state index in [9.17, 15) is 4.79 Å². The number of carbonyl (C=O) groups excluding carboxylic acids is 1. The number of hydrogen-bond donors (Lipinski definition) is 2. The summed E-state index contributed by atoms with van der Waals surface area (Å²) in [5.41, 5.74) is 6.31. The third-order valence-electron chi connectivity index (χ3n) is 3.61. The first kappa shape index (κ1) is 13.4. The minimum absolute atomic E-state index is 0.0274. The van der Waals surface area contributed by atoms with Crippen LogP contribution >= 0.6 is 11.3 Å². The molecule has 0 unspecified atom stereocenters. The summed E-state index contributed by atoms with van der Waals surface area (Å²) in [6.45, 7) is 6.40. The number of hydrogen-bond acceptors (Lipinski definition) is 4. The molecule has 18 heavy (non-hydrogen) atoms. The number of nitrogens with two attached hydrogens (primary N) is 1. The van der Waals surface area contributed by atoms with Crippen molar-refractivity contribution in [3.05, 3.63) is 16.3 Å². The van der Waals surface area contributed by atoms with Crippen LogP contribution in [0, 0.1) is 5.92 Å². The topological polar surface area (TPSA) is 58.4 Å². The van der Waals surface area contributed by atoms with E-state index in [0.29, 0.717) is 16.5 Å². The number of piperidine rings is 1. The van der Waals surface area contributed by atoms with E-state index in [4.69, 9.17) is 5.73 Å². The van der Waals surface area contributed by atoms with E-state index in [2.05, 4.69) is 17.1 Å². The van der Waals surface area contributed by atoms with Crippen LogP contribution in [-0.2, 0) is 0 Å². The van der Waals surface area contributed by atoms with Crippen molar-refractivity contribution < 1.29 is 4.79 Å². The molecule has 3 N–H and O–H groups in total. The summed E-state index contributed by atoms with van der Waals surface area (Å²) in [6, 6.07) is 1.78. The van der Waals surface area contributed by atoms with Crippen molar-refractivity contribution in [2.45, 2.75) is 19.8 Å². The highest BCUT2D eigenvalue weighted by Gasteiger charge is 2.19. The van der Waals surface area contributed by atoms with Gasteiger partial charge in [-0.1, -0.05) is 6.92 Å². The number of nitrogens with one attached hydrogen (secondary N) is 1. The Morgan fingerprint density at radius 3 is 2.83 bits per heavy atom. The zero-order valence-corrected chi connectivity index (χ0v) is 11.6. The van der Waals surface area contributed by atoms with Crippen molar-refractivity contribution in [1.82, 2.24) is 10.2 Å². The van der Waals surface area contributed by atoms with Crippen molar-refractivity contribution in [1.29, 1.82) is 0 Å². The summed E-state index contributed by atoms with van der Waals surface area (Å²) in [5, 5.41) is 4.85. The lowest BCUT2D eigenvalue weighted by Gasteiger charge is -2.30. The molecule has 4 nitrogen and oxygen atoms in total. The Morgan fingerprint density at radius 2 is 2.28 bits per heavy atom. The Kier molecular flexibility index (Phi) is 4.60. The summed E-state index contributed by atoms with van der Waals surface area (Å²) in [7, 11) is 0. The van der Waals surface area contributed by atoms with Gasteiger partial charge in [-0.2, -0.15) is 0 Å². The van der Waals surface area contributed by atoms with Crippen LogP contribution in [0.25, 0.3) is 0 Å². The Bertz CT molecular complexity index is 397. The quantitative estimate of drug-likeness (QED) is 0.874. The number of thiophene rings is 1. The van der Waals surface area contributed by atoms with Crippen molar-refractivity contribution in [3.63, 3.8) is 0 Å². The van der Waals surface area contributed by atoms with Gasteiger partial charge in [0.25, 0.3) is 5.91 Å². The van der Waals surface area contributed by atoms with Crippen molar-refractivity contribution in [2.75, 3.05) is 31.9 Å². The smallest absolute Gasteiger partial charge is 0.263 e. The van der Waals surface area contributed by atoms with Gasteiger partial charge in [0.2, 0.25) is 0 Å². The van der Waals surface area contributed by atoms with E-state index in [0.717, 1.165) is 26.2 Å². The molecular formula is C13H21N3OS. The molecule has 1 amide bonds. The molecule has 2 heterocycles. The number of amides is 1. The van der Waals surface area contributed by atoms with Crippen molar-refractivity contribution in [3.8, 4) is 0 Å². The van der Waals surface area contributed by atoms with Crippen molar-refractivity contribution >= 4 is 22.9 Å². The predicted molar refractivity (Wildman–Crippen MR) is 75.9 cm³/mol. The first-order chi connectivity index (χ1) is 8.70. The zero-order valence-electron chi connectivity index (χ0n) is 10.8. The standard InChI is InChI=1S/C13H21N3OS/c1-2-16-6-3-10(4-7-16)9-15-13(17)12-11(14)5-8-18-12/h5,8,10H,2-4,6-7,9,14H2,1H3,(H,15,17). The van der Waals surface area contributed by atoms with Crippen LogP contribution in [0.5, 0.6) is 0 Å². The Hall–Kier alpha value is -1.07. The molecular weight excluding hydrogens is 246 g/mol. The van der Waals surface area contributed by atoms with Gasteiger partial charge in [0.05, 0.1) is 5.69 Å². The van der Waals surface area contributed by atoms with E-state index in [1.165, 1.54) is 24.2 Å². The highest BCUT2D eigenvalue weighted by Crippen LogP contribution is 2.19. The largest absolute Gasteiger partial charge is 0.397 e. The highest BCUT2D eigenvalue weighted by molar-refractivity contribution is 7.12. The second-order valence-corrected chi connectivity index (χ2v) is 5.71. The summed E-state index contributed by atoms with van der Waals surface area (Å²) < 4.78 is 0. The maximum Gasteiger partial charge on any atom is 0.263 e. The average Bonchev–Trinajstić information content (AvgIpc) is 2.83. The summed E-state index contributed by atoms with van der Waals surface area (Å²) >= 11 is 1.40. The van der Waals surface area contributed by atoms with E-state index in [-0.39, 0.29) is 5.91 Å². The maximum absolute atomic E-state index is 11.9. The van der Waals surface area contributed by atoms with E-state index in [1.54, 1.807) is 6.07 Å². The Labute approximate surface area is 112 Å². The molecule has 1 saturated heterocycles. The first-order valence-electron chi connectivity index (χ1n) is 6.54. The summed E-state index contributed by atoms with van der Waals surface area (Å²) in [5.74, 6) is 0.582. The van der Waals surface area contributed by atoms with Gasteiger partial charge in [-0.15, -0.1) is 11.3 Å². The minimum atomic E-state index is -0.0274. The lowest BCUT2D eigenvalue weighted by atomic mass is 9.97. The molecule has 100 valence electrons. The molecule has 0 spiro atoms. The molecule has 1 aromatic rings. The van der Waals surface area contributed by atoms with E-state index in [1.807, 2.05) is 5.38 Å². The van der Waals surface area contributed by atoms with Crippen LogP contribution in [0.4, 0.5) is 5.69 Å². The monoisotopic (exact) mass is 267 g/mol.